The van der Waals surface area contributed by atoms with Crippen LogP contribution in [0.25, 0.3) is 22.0 Å². The summed E-state index contributed by atoms with van der Waals surface area (Å²) in [5.41, 5.74) is 5.75. The Bertz CT molecular complexity index is 3050. The zero-order valence-electron chi connectivity index (χ0n) is 44.2. The molecule has 0 spiro atoms. The summed E-state index contributed by atoms with van der Waals surface area (Å²) in [6.45, 7) is 12.0. The van der Waals surface area contributed by atoms with E-state index in [-0.39, 0.29) is 99.1 Å². The number of imide groups is 1. The molecular weight excluding hydrogens is 1020 g/mol. The van der Waals surface area contributed by atoms with Gasteiger partial charge in [-0.1, -0.05) is 62.7 Å². The zero-order valence-corrected chi connectivity index (χ0v) is 45.0. The second kappa shape index (κ2) is 22.2. The number of carbonyl (C=O) groups excluding carboxylic acids is 3. The van der Waals surface area contributed by atoms with Crippen molar-refractivity contribution < 1.29 is 46.5 Å². The molecule has 19 heteroatoms. The van der Waals surface area contributed by atoms with Gasteiger partial charge in [-0.2, -0.15) is 5.10 Å². The predicted molar refractivity (Wildman–Crippen MR) is 286 cm³/mol. The number of fused-ring (bicyclic) bond motifs is 2. The fourth-order valence-corrected chi connectivity index (χ4v) is 13.6. The van der Waals surface area contributed by atoms with Gasteiger partial charge in [0, 0.05) is 79.9 Å². The molecule has 4 aromatic carbocycles. The molecule has 14 nitrogen and oxygen atoms in total. The number of ether oxygens (including phenoxy) is 2. The molecule has 0 bridgehead atoms. The Balaban J connectivity index is 0.728. The first-order valence-electron chi connectivity index (χ1n) is 27.2. The van der Waals surface area contributed by atoms with E-state index in [9.17, 15) is 19.5 Å². The van der Waals surface area contributed by atoms with E-state index in [2.05, 4.69) is 39.4 Å². The molecule has 1 aromatic heterocycles. The number of hydrogen-bond acceptors (Lipinski definition) is 10. The first kappa shape index (κ1) is 54.6. The van der Waals surface area contributed by atoms with Gasteiger partial charge in [0.15, 0.2) is 28.8 Å². The normalized spacial score (nSPS) is 23.1. The van der Waals surface area contributed by atoms with Gasteiger partial charge in [-0.25, -0.2) is 22.4 Å². The number of amides is 4. The Labute approximate surface area is 451 Å². The van der Waals surface area contributed by atoms with Crippen LogP contribution in [0, 0.1) is 40.5 Å². The number of aliphatic hydroxyl groups is 1. The number of urea groups is 1. The van der Waals surface area contributed by atoms with E-state index >= 15 is 17.6 Å². The van der Waals surface area contributed by atoms with E-state index in [0.717, 1.165) is 83.4 Å². The highest BCUT2D eigenvalue weighted by Crippen LogP contribution is 2.57. The highest BCUT2D eigenvalue weighted by molar-refractivity contribution is 6.34. The number of nitrogens with one attached hydrogen (secondary N) is 2. The lowest BCUT2D eigenvalue weighted by Gasteiger charge is -2.45. The second-order valence-corrected chi connectivity index (χ2v) is 23.0. The molecule has 5 N–H and O–H groups in total. The molecule has 10 rings (SSSR count). The summed E-state index contributed by atoms with van der Waals surface area (Å²) in [6.07, 6.45) is 7.61. The summed E-state index contributed by atoms with van der Waals surface area (Å²) in [4.78, 5) is 43.5. The van der Waals surface area contributed by atoms with Gasteiger partial charge in [0.1, 0.15) is 29.5 Å². The van der Waals surface area contributed by atoms with Gasteiger partial charge in [-0.3, -0.25) is 24.5 Å². The van der Waals surface area contributed by atoms with Crippen molar-refractivity contribution in [3.63, 3.8) is 0 Å². The number of nitrogens with two attached hydrogens (primary N) is 1. The SMILES string of the molecule is CC1c2c(cc(F)c(Cl)c2-c2c(C(N)=O)ccc(OCCO)c2F)OC1(CNC1CCC(CN2CCC(C(C)(C)CN3CCC(c4c(F)cc5c(N6CCC(=O)NC6=O)nn(C)c5c4F)CC3)CC2)CC1)c1ccccc1. The van der Waals surface area contributed by atoms with Gasteiger partial charge >= 0.3 is 6.03 Å². The van der Waals surface area contributed by atoms with E-state index < -0.39 is 52.6 Å². The van der Waals surface area contributed by atoms with Crippen LogP contribution < -0.4 is 30.7 Å². The molecule has 2 atom stereocenters. The molecule has 4 amide bonds. The summed E-state index contributed by atoms with van der Waals surface area (Å²) in [5, 5.41) is 19.7. The van der Waals surface area contributed by atoms with Gasteiger partial charge in [0.25, 0.3) is 0 Å². The number of hydrogen-bond donors (Lipinski definition) is 4. The molecule has 5 aliphatic rings. The standard InChI is InChI=1S/C58H69ClF4N8O6/c1-33-46-44(29-42(61)50(59)49(46)48-39(54(64)74)14-15-43(51(48)62)76-27-26-72)77-58(33,37-8-6-5-7-9-37)31-65-38-12-10-34(11-13-38)30-69-23-18-36(19-24-69)57(2,3)32-70-21-16-35(17-22-70)47-41(60)28-40-53(52(47)63)68(4)67-55(40)71-25-20-45(73)66-56(71)75/h5-9,14-15,28-29,33-36,38,65,72H,10-13,16-27,30-32H2,1-4H3,(H2,64,74)(H,66,73,75). The fraction of sp³-hybridized carbons (Fsp3) is 0.517. The van der Waals surface area contributed by atoms with Crippen LogP contribution in [0.4, 0.5) is 28.2 Å². The maximum atomic E-state index is 16.5. The van der Waals surface area contributed by atoms with Gasteiger partial charge in [0.2, 0.25) is 11.8 Å². The van der Waals surface area contributed by atoms with Gasteiger partial charge in [-0.15, -0.1) is 0 Å². The summed E-state index contributed by atoms with van der Waals surface area (Å²) >= 11 is 6.75. The summed E-state index contributed by atoms with van der Waals surface area (Å²) < 4.78 is 78.3. The minimum Gasteiger partial charge on any atom is -0.488 e. The van der Waals surface area contributed by atoms with Crippen molar-refractivity contribution in [2.24, 2.45) is 30.0 Å². The number of nitrogens with zero attached hydrogens (tertiary/aromatic N) is 5. The van der Waals surface area contributed by atoms with E-state index in [1.165, 1.54) is 33.8 Å². The molecule has 412 valence electrons. The molecule has 1 aliphatic carbocycles. The van der Waals surface area contributed by atoms with Crippen molar-refractivity contribution in [3.8, 4) is 22.6 Å². The van der Waals surface area contributed by atoms with Crippen molar-refractivity contribution in [1.29, 1.82) is 0 Å². The van der Waals surface area contributed by atoms with Gasteiger partial charge in [-0.05, 0) is 124 Å². The number of halogens is 5. The molecule has 3 saturated heterocycles. The quantitative estimate of drug-likeness (QED) is 0.0699. The average Bonchev–Trinajstić information content (AvgIpc) is 3.93. The first-order valence-corrected chi connectivity index (χ1v) is 27.5. The lowest BCUT2D eigenvalue weighted by atomic mass is 9.72. The van der Waals surface area contributed by atoms with Crippen LogP contribution in [0.1, 0.15) is 117 Å². The molecule has 2 unspecified atom stereocenters. The smallest absolute Gasteiger partial charge is 0.329 e. The van der Waals surface area contributed by atoms with Crippen LogP contribution in [0.2, 0.25) is 5.02 Å². The third-order valence-electron chi connectivity index (χ3n) is 17.6. The Morgan fingerprint density at radius 3 is 2.29 bits per heavy atom. The highest BCUT2D eigenvalue weighted by Gasteiger charge is 2.50. The third kappa shape index (κ3) is 10.5. The molecule has 4 fully saturated rings. The molecular formula is C58H69ClF4N8O6. The first-order chi connectivity index (χ1) is 36.9. The van der Waals surface area contributed by atoms with Crippen molar-refractivity contribution >= 4 is 46.2 Å². The molecule has 0 radical (unpaired) electrons. The van der Waals surface area contributed by atoms with E-state index in [4.69, 9.17) is 26.8 Å². The van der Waals surface area contributed by atoms with Gasteiger partial charge in [0.05, 0.1) is 22.6 Å². The lowest BCUT2D eigenvalue weighted by Crippen LogP contribution is -2.49. The second-order valence-electron chi connectivity index (χ2n) is 22.7. The predicted octanol–water partition coefficient (Wildman–Crippen LogP) is 9.52. The zero-order chi connectivity index (χ0) is 54.5. The Hall–Kier alpha value is -5.79. The Kier molecular flexibility index (Phi) is 15.7. The number of benzene rings is 4. The topological polar surface area (TPSA) is 168 Å². The van der Waals surface area contributed by atoms with Crippen LogP contribution in [0.3, 0.4) is 0 Å². The number of aliphatic hydroxyl groups excluding tert-OH is 1. The average molecular weight is 1090 g/mol. The molecule has 77 heavy (non-hydrogen) atoms. The minimum atomic E-state index is -1.06. The molecule has 1 saturated carbocycles. The number of aromatic nitrogens is 2. The van der Waals surface area contributed by atoms with Crippen molar-refractivity contribution in [1.82, 2.24) is 30.2 Å². The number of likely N-dealkylation sites (tertiary alicyclic amines) is 2. The van der Waals surface area contributed by atoms with E-state index in [0.29, 0.717) is 36.8 Å². The number of rotatable bonds is 16. The van der Waals surface area contributed by atoms with Crippen LogP contribution in [0.15, 0.2) is 54.6 Å². The van der Waals surface area contributed by atoms with Crippen LogP contribution in [-0.2, 0) is 17.4 Å². The minimum absolute atomic E-state index is 0.0309. The highest BCUT2D eigenvalue weighted by atomic mass is 35.5. The molecule has 5 heterocycles. The van der Waals surface area contributed by atoms with Gasteiger partial charge < -0.3 is 35.4 Å². The largest absolute Gasteiger partial charge is 0.488 e. The number of piperidine rings is 2. The lowest BCUT2D eigenvalue weighted by molar-refractivity contribution is -0.120. The monoisotopic (exact) mass is 1080 g/mol. The Morgan fingerprint density at radius 2 is 1.61 bits per heavy atom. The number of carbonyl (C=O) groups is 3. The fourth-order valence-electron chi connectivity index (χ4n) is 13.4. The van der Waals surface area contributed by atoms with Crippen LogP contribution in [-0.4, -0.2) is 114 Å². The third-order valence-corrected chi connectivity index (χ3v) is 17.9. The summed E-state index contributed by atoms with van der Waals surface area (Å²) in [6, 6.07) is 14.3. The van der Waals surface area contributed by atoms with Crippen molar-refractivity contribution in [2.45, 2.75) is 102 Å². The maximum absolute atomic E-state index is 16.5. The van der Waals surface area contributed by atoms with E-state index in [1.54, 1.807) is 7.05 Å². The Morgan fingerprint density at radius 1 is 0.909 bits per heavy atom. The van der Waals surface area contributed by atoms with E-state index in [1.807, 2.05) is 37.3 Å². The maximum Gasteiger partial charge on any atom is 0.329 e. The summed E-state index contributed by atoms with van der Waals surface area (Å²) in [7, 11) is 1.58. The number of primary amides is 1. The van der Waals surface area contributed by atoms with Crippen molar-refractivity contribution in [2.75, 3.05) is 70.5 Å². The molecule has 5 aromatic rings. The van der Waals surface area contributed by atoms with Crippen LogP contribution >= 0.6 is 11.6 Å². The van der Waals surface area contributed by atoms with Crippen molar-refractivity contribution in [3.05, 3.63) is 105 Å². The van der Waals surface area contributed by atoms with Crippen LogP contribution in [0.5, 0.6) is 11.5 Å². The summed E-state index contributed by atoms with van der Waals surface area (Å²) in [5.74, 6) is -4.05. The number of aryl methyl sites for hydroxylation is 1. The number of anilines is 1. The molecule has 4 aliphatic heterocycles.